The van der Waals surface area contributed by atoms with Gasteiger partial charge in [0.15, 0.2) is 0 Å². The number of hydrogen-bond acceptors (Lipinski definition) is 2. The maximum Gasteiger partial charge on any atom is 0.0184 e. The largest absolute Gasteiger partial charge is 0.302 e. The van der Waals surface area contributed by atoms with Crippen LogP contribution in [0.5, 0.6) is 0 Å². The van der Waals surface area contributed by atoms with E-state index >= 15 is 0 Å². The molecule has 1 rings (SSSR count). The third kappa shape index (κ3) is 3.04. The maximum absolute atomic E-state index is 2.59. The molecule has 0 amide bonds. The van der Waals surface area contributed by atoms with Crippen molar-refractivity contribution >= 4 is 11.8 Å². The summed E-state index contributed by atoms with van der Waals surface area (Å²) in [6.07, 6.45) is 3.62. The van der Waals surface area contributed by atoms with Crippen LogP contribution in [-0.4, -0.2) is 36.0 Å². The van der Waals surface area contributed by atoms with Gasteiger partial charge in [0, 0.05) is 18.3 Å². The molecule has 0 aromatic carbocycles. The van der Waals surface area contributed by atoms with Crippen LogP contribution in [-0.2, 0) is 0 Å². The molecule has 11 heavy (non-hydrogen) atoms. The SMILES string of the molecule is CSC1CCN(CC(C)C)C1. The standard InChI is InChI=1S/C9H19NS/c1-8(2)6-10-5-4-9(7-10)11-3/h8-9H,4-7H2,1-3H3. The van der Waals surface area contributed by atoms with Gasteiger partial charge in [-0.25, -0.2) is 0 Å². The van der Waals surface area contributed by atoms with E-state index in [0.29, 0.717) is 0 Å². The molecule has 66 valence electrons. The first-order valence-electron chi connectivity index (χ1n) is 4.47. The number of hydrogen-bond donors (Lipinski definition) is 0. The summed E-state index contributed by atoms with van der Waals surface area (Å²) < 4.78 is 0. The first kappa shape index (κ1) is 9.40. The van der Waals surface area contributed by atoms with Crippen molar-refractivity contribution in [3.63, 3.8) is 0 Å². The topological polar surface area (TPSA) is 3.24 Å². The van der Waals surface area contributed by atoms with E-state index in [4.69, 9.17) is 0 Å². The van der Waals surface area contributed by atoms with Crippen LogP contribution < -0.4 is 0 Å². The Morgan fingerprint density at radius 3 is 2.73 bits per heavy atom. The van der Waals surface area contributed by atoms with Gasteiger partial charge in [0.2, 0.25) is 0 Å². The highest BCUT2D eigenvalue weighted by atomic mass is 32.2. The molecule has 0 bridgehead atoms. The van der Waals surface area contributed by atoms with E-state index in [1.165, 1.54) is 26.1 Å². The molecule has 0 N–H and O–H groups in total. The van der Waals surface area contributed by atoms with Crippen LogP contribution in [0.4, 0.5) is 0 Å². The lowest BCUT2D eigenvalue weighted by Crippen LogP contribution is -2.25. The number of thioether (sulfide) groups is 1. The third-order valence-corrected chi connectivity index (χ3v) is 3.24. The van der Waals surface area contributed by atoms with Crippen LogP contribution in [0.3, 0.4) is 0 Å². The Morgan fingerprint density at radius 2 is 2.27 bits per heavy atom. The van der Waals surface area contributed by atoms with E-state index in [0.717, 1.165) is 11.2 Å². The molecule has 0 radical (unpaired) electrons. The van der Waals surface area contributed by atoms with E-state index in [-0.39, 0.29) is 0 Å². The Bertz CT molecular complexity index is 114. The van der Waals surface area contributed by atoms with Gasteiger partial charge >= 0.3 is 0 Å². The van der Waals surface area contributed by atoms with Gasteiger partial charge in [0.05, 0.1) is 0 Å². The second-order valence-electron chi connectivity index (χ2n) is 3.80. The predicted molar refractivity (Wildman–Crippen MR) is 53.2 cm³/mol. The van der Waals surface area contributed by atoms with Crippen LogP contribution >= 0.6 is 11.8 Å². The molecular weight excluding hydrogens is 154 g/mol. The van der Waals surface area contributed by atoms with Crippen molar-refractivity contribution in [2.75, 3.05) is 25.9 Å². The zero-order chi connectivity index (χ0) is 8.27. The highest BCUT2D eigenvalue weighted by Gasteiger charge is 2.21. The Hall–Kier alpha value is 0.310. The quantitative estimate of drug-likeness (QED) is 0.643. The molecule has 0 aromatic rings. The number of nitrogens with zero attached hydrogens (tertiary/aromatic N) is 1. The van der Waals surface area contributed by atoms with Crippen molar-refractivity contribution in [3.05, 3.63) is 0 Å². The van der Waals surface area contributed by atoms with E-state index in [2.05, 4.69) is 25.0 Å². The minimum atomic E-state index is 0.829. The van der Waals surface area contributed by atoms with Crippen LogP contribution in [0.25, 0.3) is 0 Å². The molecule has 0 aromatic heterocycles. The summed E-state index contributed by atoms with van der Waals surface area (Å²) in [5.74, 6) is 0.829. The average molecular weight is 173 g/mol. The molecule has 2 heteroatoms. The highest BCUT2D eigenvalue weighted by Crippen LogP contribution is 2.20. The van der Waals surface area contributed by atoms with Crippen molar-refractivity contribution in [2.45, 2.75) is 25.5 Å². The van der Waals surface area contributed by atoms with Crippen molar-refractivity contribution in [1.82, 2.24) is 4.90 Å². The van der Waals surface area contributed by atoms with Gasteiger partial charge in [-0.15, -0.1) is 0 Å². The maximum atomic E-state index is 2.59. The van der Waals surface area contributed by atoms with Gasteiger partial charge < -0.3 is 4.90 Å². The molecule has 1 aliphatic heterocycles. The third-order valence-electron chi connectivity index (χ3n) is 2.19. The Labute approximate surface area is 74.5 Å². The minimum Gasteiger partial charge on any atom is -0.302 e. The van der Waals surface area contributed by atoms with Gasteiger partial charge in [-0.1, -0.05) is 13.8 Å². The summed E-state index contributed by atoms with van der Waals surface area (Å²) in [4.78, 5) is 2.59. The van der Waals surface area contributed by atoms with Gasteiger partial charge in [0.25, 0.3) is 0 Å². The van der Waals surface area contributed by atoms with Gasteiger partial charge in [-0.3, -0.25) is 0 Å². The molecule has 1 aliphatic rings. The molecule has 0 spiro atoms. The number of rotatable bonds is 3. The van der Waals surface area contributed by atoms with E-state index < -0.39 is 0 Å². The lowest BCUT2D eigenvalue weighted by atomic mass is 10.2. The second kappa shape index (κ2) is 4.36. The zero-order valence-electron chi connectivity index (χ0n) is 7.84. The molecule has 1 nitrogen and oxygen atoms in total. The van der Waals surface area contributed by atoms with Crippen molar-refractivity contribution in [3.8, 4) is 0 Å². The lowest BCUT2D eigenvalue weighted by Gasteiger charge is -2.17. The fourth-order valence-corrected chi connectivity index (χ4v) is 2.37. The van der Waals surface area contributed by atoms with Gasteiger partial charge in [-0.05, 0) is 25.1 Å². The average Bonchev–Trinajstić information content (AvgIpc) is 2.34. The summed E-state index contributed by atoms with van der Waals surface area (Å²) in [6, 6.07) is 0. The van der Waals surface area contributed by atoms with E-state index in [9.17, 15) is 0 Å². The van der Waals surface area contributed by atoms with Crippen LogP contribution in [0.2, 0.25) is 0 Å². The molecule has 1 fully saturated rings. The van der Waals surface area contributed by atoms with Gasteiger partial charge in [0.1, 0.15) is 0 Å². The zero-order valence-corrected chi connectivity index (χ0v) is 8.66. The normalized spacial score (nSPS) is 26.7. The van der Waals surface area contributed by atoms with Gasteiger partial charge in [-0.2, -0.15) is 11.8 Å². The second-order valence-corrected chi connectivity index (χ2v) is 4.94. The molecule has 1 saturated heterocycles. The highest BCUT2D eigenvalue weighted by molar-refractivity contribution is 7.99. The monoisotopic (exact) mass is 173 g/mol. The lowest BCUT2D eigenvalue weighted by molar-refractivity contribution is 0.299. The van der Waals surface area contributed by atoms with Crippen molar-refractivity contribution < 1.29 is 0 Å². The Kier molecular flexibility index (Phi) is 3.73. The molecule has 1 atom stereocenters. The summed E-state index contributed by atoms with van der Waals surface area (Å²) >= 11 is 2.02. The summed E-state index contributed by atoms with van der Waals surface area (Å²) in [5.41, 5.74) is 0. The first-order valence-corrected chi connectivity index (χ1v) is 5.76. The smallest absolute Gasteiger partial charge is 0.0184 e. The molecule has 0 saturated carbocycles. The molecule has 0 aliphatic carbocycles. The number of likely N-dealkylation sites (tertiary alicyclic amines) is 1. The fourth-order valence-electron chi connectivity index (χ4n) is 1.67. The fraction of sp³-hybridized carbons (Fsp3) is 1.00. The van der Waals surface area contributed by atoms with E-state index in [1.54, 1.807) is 0 Å². The minimum absolute atomic E-state index is 0.829. The summed E-state index contributed by atoms with van der Waals surface area (Å²) in [7, 11) is 0. The molecular formula is C9H19NS. The van der Waals surface area contributed by atoms with Crippen molar-refractivity contribution in [1.29, 1.82) is 0 Å². The summed E-state index contributed by atoms with van der Waals surface area (Å²) in [6.45, 7) is 8.53. The van der Waals surface area contributed by atoms with Crippen molar-refractivity contribution in [2.24, 2.45) is 5.92 Å². The first-order chi connectivity index (χ1) is 5.22. The Balaban J connectivity index is 2.19. The van der Waals surface area contributed by atoms with Crippen LogP contribution in [0, 0.1) is 5.92 Å². The van der Waals surface area contributed by atoms with Crippen LogP contribution in [0.1, 0.15) is 20.3 Å². The summed E-state index contributed by atoms with van der Waals surface area (Å²) in [5, 5.41) is 0.911. The molecule has 1 heterocycles. The molecule has 1 unspecified atom stereocenters. The Morgan fingerprint density at radius 1 is 1.55 bits per heavy atom. The predicted octanol–water partition coefficient (Wildman–Crippen LogP) is 2.08. The van der Waals surface area contributed by atoms with E-state index in [1.807, 2.05) is 11.8 Å². The van der Waals surface area contributed by atoms with Crippen LogP contribution in [0.15, 0.2) is 0 Å².